The molecule has 2 rings (SSSR count). The van der Waals surface area contributed by atoms with Gasteiger partial charge in [0.1, 0.15) is 5.82 Å². The van der Waals surface area contributed by atoms with E-state index in [1.807, 2.05) is 24.3 Å². The number of hydrogen-bond donors (Lipinski definition) is 1. The van der Waals surface area contributed by atoms with Gasteiger partial charge in [0.25, 0.3) is 0 Å². The third-order valence-corrected chi connectivity index (χ3v) is 3.27. The SMILES string of the molecule is CC(C)(C)c1ccc(-c2cc(F)ccc2C(=O)O)cc1. The largest absolute Gasteiger partial charge is 0.478 e. The Bertz CT molecular complexity index is 637. The molecule has 0 atom stereocenters. The second-order valence-corrected chi connectivity index (χ2v) is 5.82. The summed E-state index contributed by atoms with van der Waals surface area (Å²) in [4.78, 5) is 11.2. The first-order chi connectivity index (χ1) is 9.29. The Kier molecular flexibility index (Phi) is 3.62. The summed E-state index contributed by atoms with van der Waals surface area (Å²) >= 11 is 0. The number of benzene rings is 2. The molecule has 0 aliphatic carbocycles. The standard InChI is InChI=1S/C17H17FO2/c1-17(2,3)12-6-4-11(5-7-12)15-10-13(18)8-9-14(15)16(19)20/h4-10H,1-3H3,(H,19,20). The van der Waals surface area contributed by atoms with Gasteiger partial charge in [0.2, 0.25) is 0 Å². The minimum Gasteiger partial charge on any atom is -0.478 e. The van der Waals surface area contributed by atoms with E-state index in [-0.39, 0.29) is 11.0 Å². The molecule has 0 saturated carbocycles. The topological polar surface area (TPSA) is 37.3 Å². The molecule has 0 fully saturated rings. The molecule has 0 bridgehead atoms. The van der Waals surface area contributed by atoms with Gasteiger partial charge in [-0.15, -0.1) is 0 Å². The van der Waals surface area contributed by atoms with Gasteiger partial charge in [-0.1, -0.05) is 45.0 Å². The number of hydrogen-bond acceptors (Lipinski definition) is 1. The molecule has 0 heterocycles. The molecule has 0 aromatic heterocycles. The smallest absolute Gasteiger partial charge is 0.336 e. The molecule has 0 spiro atoms. The van der Waals surface area contributed by atoms with Crippen LogP contribution in [0, 0.1) is 5.82 Å². The van der Waals surface area contributed by atoms with Crippen molar-refractivity contribution in [2.75, 3.05) is 0 Å². The van der Waals surface area contributed by atoms with E-state index in [1.54, 1.807) is 0 Å². The van der Waals surface area contributed by atoms with Crippen molar-refractivity contribution in [3.63, 3.8) is 0 Å². The van der Waals surface area contributed by atoms with E-state index in [0.29, 0.717) is 11.1 Å². The number of carbonyl (C=O) groups is 1. The van der Waals surface area contributed by atoms with E-state index in [9.17, 15) is 14.3 Å². The van der Waals surface area contributed by atoms with Gasteiger partial charge in [-0.25, -0.2) is 9.18 Å². The number of rotatable bonds is 2. The fourth-order valence-corrected chi connectivity index (χ4v) is 2.09. The van der Waals surface area contributed by atoms with E-state index in [4.69, 9.17) is 0 Å². The molecule has 2 aromatic carbocycles. The summed E-state index contributed by atoms with van der Waals surface area (Å²) in [6.45, 7) is 6.31. The molecule has 3 heteroatoms. The van der Waals surface area contributed by atoms with Crippen molar-refractivity contribution in [2.24, 2.45) is 0 Å². The van der Waals surface area contributed by atoms with E-state index in [2.05, 4.69) is 20.8 Å². The summed E-state index contributed by atoms with van der Waals surface area (Å²) < 4.78 is 13.4. The van der Waals surface area contributed by atoms with Crippen LogP contribution in [0.2, 0.25) is 0 Å². The van der Waals surface area contributed by atoms with Crippen LogP contribution in [-0.4, -0.2) is 11.1 Å². The molecular formula is C17H17FO2. The molecule has 0 aliphatic heterocycles. The molecule has 0 amide bonds. The average Bonchev–Trinajstić information content (AvgIpc) is 2.37. The summed E-state index contributed by atoms with van der Waals surface area (Å²) in [5.41, 5.74) is 2.38. The summed E-state index contributed by atoms with van der Waals surface area (Å²) in [6, 6.07) is 11.3. The van der Waals surface area contributed by atoms with Crippen molar-refractivity contribution in [1.29, 1.82) is 0 Å². The zero-order valence-corrected chi connectivity index (χ0v) is 11.8. The Balaban J connectivity index is 2.52. The van der Waals surface area contributed by atoms with Gasteiger partial charge in [-0.05, 0) is 40.3 Å². The van der Waals surface area contributed by atoms with Crippen LogP contribution >= 0.6 is 0 Å². The molecule has 1 N–H and O–H groups in total. The Morgan fingerprint density at radius 2 is 1.65 bits per heavy atom. The Morgan fingerprint density at radius 1 is 1.05 bits per heavy atom. The maximum atomic E-state index is 13.4. The maximum absolute atomic E-state index is 13.4. The van der Waals surface area contributed by atoms with Crippen molar-refractivity contribution in [1.82, 2.24) is 0 Å². The Labute approximate surface area is 117 Å². The lowest BCUT2D eigenvalue weighted by Gasteiger charge is -2.19. The second-order valence-electron chi connectivity index (χ2n) is 5.82. The number of carboxylic acids is 1. The van der Waals surface area contributed by atoms with Crippen LogP contribution in [0.1, 0.15) is 36.7 Å². The van der Waals surface area contributed by atoms with Gasteiger partial charge >= 0.3 is 5.97 Å². The minimum atomic E-state index is -1.06. The van der Waals surface area contributed by atoms with Crippen molar-refractivity contribution >= 4 is 5.97 Å². The summed E-state index contributed by atoms with van der Waals surface area (Å²) in [6.07, 6.45) is 0. The first-order valence-electron chi connectivity index (χ1n) is 6.43. The molecule has 0 radical (unpaired) electrons. The predicted molar refractivity (Wildman–Crippen MR) is 77.5 cm³/mol. The fraction of sp³-hybridized carbons (Fsp3) is 0.235. The third-order valence-electron chi connectivity index (χ3n) is 3.27. The first kappa shape index (κ1) is 14.3. The second kappa shape index (κ2) is 5.08. The van der Waals surface area contributed by atoms with Crippen LogP contribution in [0.4, 0.5) is 4.39 Å². The highest BCUT2D eigenvalue weighted by atomic mass is 19.1. The minimum absolute atomic E-state index is 0.0239. The molecule has 2 aromatic rings. The van der Waals surface area contributed by atoms with Crippen molar-refractivity contribution < 1.29 is 14.3 Å². The van der Waals surface area contributed by atoms with Gasteiger partial charge in [0.05, 0.1) is 5.56 Å². The van der Waals surface area contributed by atoms with E-state index < -0.39 is 11.8 Å². The number of carboxylic acid groups (broad SMARTS) is 1. The lowest BCUT2D eigenvalue weighted by Crippen LogP contribution is -2.10. The highest BCUT2D eigenvalue weighted by Crippen LogP contribution is 2.28. The van der Waals surface area contributed by atoms with Crippen LogP contribution in [-0.2, 0) is 5.41 Å². The molecular weight excluding hydrogens is 255 g/mol. The van der Waals surface area contributed by atoms with E-state index in [1.165, 1.54) is 12.1 Å². The first-order valence-corrected chi connectivity index (χ1v) is 6.43. The monoisotopic (exact) mass is 272 g/mol. The molecule has 104 valence electrons. The van der Waals surface area contributed by atoms with Crippen LogP contribution < -0.4 is 0 Å². The molecule has 0 unspecified atom stereocenters. The van der Waals surface area contributed by atoms with Crippen LogP contribution in [0.15, 0.2) is 42.5 Å². The van der Waals surface area contributed by atoms with Crippen molar-refractivity contribution in [3.8, 4) is 11.1 Å². The quantitative estimate of drug-likeness (QED) is 0.874. The molecule has 0 saturated heterocycles. The Hall–Kier alpha value is -2.16. The lowest BCUT2D eigenvalue weighted by molar-refractivity contribution is 0.0697. The van der Waals surface area contributed by atoms with Gasteiger partial charge in [-0.3, -0.25) is 0 Å². The summed E-state index contributed by atoms with van der Waals surface area (Å²) in [7, 11) is 0. The van der Waals surface area contributed by atoms with Gasteiger partial charge in [0.15, 0.2) is 0 Å². The van der Waals surface area contributed by atoms with Gasteiger partial charge in [0, 0.05) is 0 Å². The molecule has 20 heavy (non-hydrogen) atoms. The van der Waals surface area contributed by atoms with Crippen LogP contribution in [0.25, 0.3) is 11.1 Å². The van der Waals surface area contributed by atoms with Crippen molar-refractivity contribution in [2.45, 2.75) is 26.2 Å². The lowest BCUT2D eigenvalue weighted by atomic mass is 9.86. The summed E-state index contributed by atoms with van der Waals surface area (Å²) in [5, 5.41) is 9.18. The van der Waals surface area contributed by atoms with Gasteiger partial charge < -0.3 is 5.11 Å². The third kappa shape index (κ3) is 2.87. The Morgan fingerprint density at radius 3 is 2.15 bits per heavy atom. The van der Waals surface area contributed by atoms with Crippen LogP contribution in [0.3, 0.4) is 0 Å². The van der Waals surface area contributed by atoms with Crippen LogP contribution in [0.5, 0.6) is 0 Å². The normalized spacial score (nSPS) is 11.4. The average molecular weight is 272 g/mol. The molecule has 0 aliphatic rings. The number of aromatic carboxylic acids is 1. The van der Waals surface area contributed by atoms with Crippen molar-refractivity contribution in [3.05, 3.63) is 59.4 Å². The van der Waals surface area contributed by atoms with Gasteiger partial charge in [-0.2, -0.15) is 0 Å². The van der Waals surface area contributed by atoms with E-state index >= 15 is 0 Å². The molecule has 2 nitrogen and oxygen atoms in total. The predicted octanol–water partition coefficient (Wildman–Crippen LogP) is 4.49. The summed E-state index contributed by atoms with van der Waals surface area (Å²) in [5.74, 6) is -1.50. The zero-order chi connectivity index (χ0) is 14.9. The maximum Gasteiger partial charge on any atom is 0.336 e. The zero-order valence-electron chi connectivity index (χ0n) is 11.8. The highest BCUT2D eigenvalue weighted by molar-refractivity contribution is 5.96. The fourth-order valence-electron chi connectivity index (χ4n) is 2.09. The number of halogens is 1. The highest BCUT2D eigenvalue weighted by Gasteiger charge is 2.15. The van der Waals surface area contributed by atoms with E-state index in [0.717, 1.165) is 11.6 Å².